The summed E-state index contributed by atoms with van der Waals surface area (Å²) in [5, 5.41) is 3.68. The van der Waals surface area contributed by atoms with Gasteiger partial charge in [-0.15, -0.1) is 0 Å². The smallest absolute Gasteiger partial charge is 0.146 e. The lowest BCUT2D eigenvalue weighted by Crippen LogP contribution is -2.01. The summed E-state index contributed by atoms with van der Waals surface area (Å²) in [6, 6.07) is 12.2. The van der Waals surface area contributed by atoms with Crippen LogP contribution in [0.5, 0.6) is 0 Å². The fourth-order valence-electron chi connectivity index (χ4n) is 1.45. The zero-order valence-corrected chi connectivity index (χ0v) is 11.2. The maximum Gasteiger partial charge on any atom is 0.146 e. The van der Waals surface area contributed by atoms with Crippen LogP contribution >= 0.6 is 27.5 Å². The van der Waals surface area contributed by atoms with Crippen LogP contribution in [0, 0.1) is 5.82 Å². The topological polar surface area (TPSA) is 12.0 Å². The molecule has 0 saturated heterocycles. The molecule has 0 aliphatic heterocycles. The van der Waals surface area contributed by atoms with Gasteiger partial charge in [-0.25, -0.2) is 4.39 Å². The molecule has 2 aromatic carbocycles. The summed E-state index contributed by atoms with van der Waals surface area (Å²) in [4.78, 5) is 0. The minimum atomic E-state index is -0.254. The molecule has 1 nitrogen and oxygen atoms in total. The third-order valence-corrected chi connectivity index (χ3v) is 3.57. The standard InChI is InChI=1S/C13H10BrClFN/c14-10-6-5-9(7-11(10)15)8-17-13-4-2-1-3-12(13)16/h1-7,17H,8H2. The summed E-state index contributed by atoms with van der Waals surface area (Å²) in [5.41, 5.74) is 1.49. The number of benzene rings is 2. The lowest BCUT2D eigenvalue weighted by Gasteiger charge is -2.08. The summed E-state index contributed by atoms with van der Waals surface area (Å²) < 4.78 is 14.2. The average Bonchev–Trinajstić information content (AvgIpc) is 2.32. The van der Waals surface area contributed by atoms with Gasteiger partial charge in [0.25, 0.3) is 0 Å². The van der Waals surface area contributed by atoms with E-state index in [2.05, 4.69) is 21.2 Å². The SMILES string of the molecule is Fc1ccccc1NCc1ccc(Br)c(Cl)c1. The molecule has 0 bridgehead atoms. The van der Waals surface area contributed by atoms with Gasteiger partial charge >= 0.3 is 0 Å². The Bertz CT molecular complexity index is 531. The molecule has 0 saturated carbocycles. The summed E-state index contributed by atoms with van der Waals surface area (Å²) in [6.07, 6.45) is 0. The lowest BCUT2D eigenvalue weighted by molar-refractivity contribution is 0.630. The molecule has 17 heavy (non-hydrogen) atoms. The van der Waals surface area contributed by atoms with E-state index in [1.807, 2.05) is 18.2 Å². The minimum absolute atomic E-state index is 0.254. The molecule has 1 N–H and O–H groups in total. The molecular formula is C13H10BrClFN. The van der Waals surface area contributed by atoms with E-state index in [-0.39, 0.29) is 5.82 Å². The molecular weight excluding hydrogens is 305 g/mol. The van der Waals surface area contributed by atoms with Gasteiger partial charge in [0.15, 0.2) is 0 Å². The number of para-hydroxylation sites is 1. The van der Waals surface area contributed by atoms with Crippen LogP contribution in [0.15, 0.2) is 46.9 Å². The van der Waals surface area contributed by atoms with Crippen LogP contribution in [0.1, 0.15) is 5.56 Å². The van der Waals surface area contributed by atoms with E-state index >= 15 is 0 Å². The first-order valence-corrected chi connectivity index (χ1v) is 6.26. The monoisotopic (exact) mass is 313 g/mol. The van der Waals surface area contributed by atoms with Crippen molar-refractivity contribution in [2.24, 2.45) is 0 Å². The lowest BCUT2D eigenvalue weighted by atomic mass is 10.2. The molecule has 0 aromatic heterocycles. The Kier molecular flexibility index (Phi) is 4.02. The fraction of sp³-hybridized carbons (Fsp3) is 0.0769. The third-order valence-electron chi connectivity index (χ3n) is 2.34. The highest BCUT2D eigenvalue weighted by Gasteiger charge is 2.02. The number of hydrogen-bond donors (Lipinski definition) is 1. The van der Waals surface area contributed by atoms with Crippen molar-refractivity contribution in [3.63, 3.8) is 0 Å². The first kappa shape index (κ1) is 12.4. The van der Waals surface area contributed by atoms with Gasteiger partial charge in [0, 0.05) is 11.0 Å². The van der Waals surface area contributed by atoms with Gasteiger partial charge in [-0.2, -0.15) is 0 Å². The highest BCUT2D eigenvalue weighted by atomic mass is 79.9. The molecule has 0 spiro atoms. The Balaban J connectivity index is 2.08. The van der Waals surface area contributed by atoms with Crippen molar-refractivity contribution in [3.05, 3.63) is 63.3 Å². The summed E-state index contributed by atoms with van der Waals surface area (Å²) >= 11 is 9.30. The zero-order valence-electron chi connectivity index (χ0n) is 8.88. The Morgan fingerprint density at radius 2 is 1.94 bits per heavy atom. The second-order valence-corrected chi connectivity index (χ2v) is 4.84. The fourth-order valence-corrected chi connectivity index (χ4v) is 1.90. The third kappa shape index (κ3) is 3.20. The van der Waals surface area contributed by atoms with Crippen LogP contribution in [0.2, 0.25) is 5.02 Å². The van der Waals surface area contributed by atoms with Crippen LogP contribution in [0.3, 0.4) is 0 Å². The van der Waals surface area contributed by atoms with Crippen molar-refractivity contribution in [2.45, 2.75) is 6.54 Å². The largest absolute Gasteiger partial charge is 0.379 e. The molecule has 0 aliphatic carbocycles. The quantitative estimate of drug-likeness (QED) is 0.853. The second-order valence-electron chi connectivity index (χ2n) is 3.58. The van der Waals surface area contributed by atoms with E-state index in [9.17, 15) is 4.39 Å². The van der Waals surface area contributed by atoms with Crippen LogP contribution in [-0.4, -0.2) is 0 Å². The van der Waals surface area contributed by atoms with Crippen LogP contribution in [0.4, 0.5) is 10.1 Å². The van der Waals surface area contributed by atoms with Gasteiger partial charge in [0.1, 0.15) is 5.82 Å². The van der Waals surface area contributed by atoms with E-state index in [4.69, 9.17) is 11.6 Å². The zero-order chi connectivity index (χ0) is 12.3. The Morgan fingerprint density at radius 3 is 2.65 bits per heavy atom. The Labute approximate surface area is 113 Å². The molecule has 0 amide bonds. The van der Waals surface area contributed by atoms with E-state index in [1.54, 1.807) is 18.2 Å². The maximum atomic E-state index is 13.3. The predicted molar refractivity (Wildman–Crippen MR) is 72.9 cm³/mol. The van der Waals surface area contributed by atoms with Crippen molar-refractivity contribution in [2.75, 3.05) is 5.32 Å². The van der Waals surface area contributed by atoms with Crippen molar-refractivity contribution < 1.29 is 4.39 Å². The Hall–Kier alpha value is -1.06. The predicted octanol–water partition coefficient (Wildman–Crippen LogP) is 4.85. The summed E-state index contributed by atoms with van der Waals surface area (Å²) in [6.45, 7) is 0.536. The maximum absolute atomic E-state index is 13.3. The normalized spacial score (nSPS) is 10.3. The van der Waals surface area contributed by atoms with Crippen molar-refractivity contribution in [1.29, 1.82) is 0 Å². The number of hydrogen-bond acceptors (Lipinski definition) is 1. The number of anilines is 1. The van der Waals surface area contributed by atoms with Crippen molar-refractivity contribution >= 4 is 33.2 Å². The van der Waals surface area contributed by atoms with Gasteiger partial charge < -0.3 is 5.32 Å². The van der Waals surface area contributed by atoms with Gasteiger partial charge in [-0.1, -0.05) is 29.8 Å². The van der Waals surface area contributed by atoms with Crippen LogP contribution < -0.4 is 5.32 Å². The molecule has 0 unspecified atom stereocenters. The molecule has 0 aliphatic rings. The van der Waals surface area contributed by atoms with Crippen molar-refractivity contribution in [1.82, 2.24) is 0 Å². The van der Waals surface area contributed by atoms with E-state index in [0.29, 0.717) is 17.3 Å². The second kappa shape index (κ2) is 5.52. The highest BCUT2D eigenvalue weighted by molar-refractivity contribution is 9.10. The van der Waals surface area contributed by atoms with Gasteiger partial charge in [0.05, 0.1) is 10.7 Å². The van der Waals surface area contributed by atoms with Crippen molar-refractivity contribution in [3.8, 4) is 0 Å². The summed E-state index contributed by atoms with van der Waals surface area (Å²) in [5.74, 6) is -0.254. The van der Waals surface area contributed by atoms with E-state index in [0.717, 1.165) is 10.0 Å². The molecule has 0 fully saturated rings. The highest BCUT2D eigenvalue weighted by Crippen LogP contribution is 2.23. The molecule has 4 heteroatoms. The minimum Gasteiger partial charge on any atom is -0.379 e. The average molecular weight is 315 g/mol. The molecule has 0 heterocycles. The van der Waals surface area contributed by atoms with Gasteiger partial charge in [-0.05, 0) is 45.8 Å². The van der Waals surface area contributed by atoms with Gasteiger partial charge in [-0.3, -0.25) is 0 Å². The Morgan fingerprint density at radius 1 is 1.18 bits per heavy atom. The van der Waals surface area contributed by atoms with Gasteiger partial charge in [0.2, 0.25) is 0 Å². The van der Waals surface area contributed by atoms with Crippen LogP contribution in [-0.2, 0) is 6.54 Å². The first-order valence-electron chi connectivity index (χ1n) is 5.09. The van der Waals surface area contributed by atoms with Crippen LogP contribution in [0.25, 0.3) is 0 Å². The number of nitrogens with one attached hydrogen (secondary N) is 1. The molecule has 88 valence electrons. The molecule has 0 atom stereocenters. The molecule has 2 aromatic rings. The van der Waals surface area contributed by atoms with E-state index < -0.39 is 0 Å². The number of halogens is 3. The number of rotatable bonds is 3. The molecule has 0 radical (unpaired) electrons. The first-order chi connectivity index (χ1) is 8.16. The van der Waals surface area contributed by atoms with E-state index in [1.165, 1.54) is 6.07 Å². The summed E-state index contributed by atoms with van der Waals surface area (Å²) in [7, 11) is 0. The molecule has 2 rings (SSSR count).